The lowest BCUT2D eigenvalue weighted by atomic mass is 10.3. The molecule has 0 heterocycles. The molecule has 0 aromatic heterocycles. The number of likely N-dealkylation sites (N-methyl/N-ethyl adjacent to an activating group) is 1. The molecule has 0 fully saturated rings. The van der Waals surface area contributed by atoms with Crippen molar-refractivity contribution in [1.29, 1.82) is 0 Å². The van der Waals surface area contributed by atoms with Gasteiger partial charge in [0.2, 0.25) is 0 Å². The molecule has 0 saturated heterocycles. The van der Waals surface area contributed by atoms with Gasteiger partial charge in [-0.15, -0.1) is 0 Å². The summed E-state index contributed by atoms with van der Waals surface area (Å²) in [6, 6.07) is 13.6. The van der Waals surface area contributed by atoms with E-state index in [0.29, 0.717) is 28.8 Å². The van der Waals surface area contributed by atoms with Gasteiger partial charge in [0, 0.05) is 23.3 Å². The average Bonchev–Trinajstić information content (AvgIpc) is 2.59. The monoisotopic (exact) mass is 362 g/mol. The summed E-state index contributed by atoms with van der Waals surface area (Å²) in [6.07, 6.45) is 0. The number of hydrogen-bond acceptors (Lipinski definition) is 4. The number of amides is 2. The van der Waals surface area contributed by atoms with E-state index in [4.69, 9.17) is 21.1 Å². The van der Waals surface area contributed by atoms with Gasteiger partial charge in [-0.2, -0.15) is 0 Å². The first-order valence-electron chi connectivity index (χ1n) is 7.74. The highest BCUT2D eigenvalue weighted by Crippen LogP contribution is 2.18. The molecule has 0 bridgehead atoms. The molecule has 2 amide bonds. The fraction of sp³-hybridized carbons (Fsp3) is 0.222. The molecule has 0 radical (unpaired) electrons. The van der Waals surface area contributed by atoms with Gasteiger partial charge in [-0.25, -0.2) is 0 Å². The summed E-state index contributed by atoms with van der Waals surface area (Å²) in [5.74, 6) is 0.481. The number of benzene rings is 2. The average molecular weight is 363 g/mol. The van der Waals surface area contributed by atoms with E-state index >= 15 is 0 Å². The second-order valence-corrected chi connectivity index (χ2v) is 5.50. The normalized spacial score (nSPS) is 10.0. The van der Waals surface area contributed by atoms with Gasteiger partial charge >= 0.3 is 0 Å². The predicted octanol–water partition coefficient (Wildman–Crippen LogP) is 2.87. The zero-order valence-electron chi connectivity index (χ0n) is 13.8. The van der Waals surface area contributed by atoms with Crippen molar-refractivity contribution in [2.75, 3.05) is 25.1 Å². The summed E-state index contributed by atoms with van der Waals surface area (Å²) in [5, 5.41) is 5.88. The molecule has 2 aromatic carbocycles. The number of anilines is 1. The van der Waals surface area contributed by atoms with Gasteiger partial charge in [0.15, 0.2) is 13.2 Å². The number of carbonyl (C=O) groups is 2. The van der Waals surface area contributed by atoms with Crippen LogP contribution in [0.15, 0.2) is 48.5 Å². The first-order valence-corrected chi connectivity index (χ1v) is 8.12. The van der Waals surface area contributed by atoms with Crippen LogP contribution in [-0.2, 0) is 9.59 Å². The second-order valence-electron chi connectivity index (χ2n) is 5.06. The largest absolute Gasteiger partial charge is 0.484 e. The molecule has 0 aliphatic heterocycles. The molecule has 2 N–H and O–H groups in total. The van der Waals surface area contributed by atoms with Crippen LogP contribution in [0.3, 0.4) is 0 Å². The van der Waals surface area contributed by atoms with Crippen LogP contribution in [-0.4, -0.2) is 31.6 Å². The van der Waals surface area contributed by atoms with E-state index in [1.165, 1.54) is 0 Å². The topological polar surface area (TPSA) is 76.7 Å². The Kier molecular flexibility index (Phi) is 7.10. The van der Waals surface area contributed by atoms with Crippen LogP contribution in [0, 0.1) is 0 Å². The van der Waals surface area contributed by atoms with Crippen LogP contribution >= 0.6 is 11.6 Å². The fourth-order valence-electron chi connectivity index (χ4n) is 1.96. The third-order valence-corrected chi connectivity index (χ3v) is 3.26. The summed E-state index contributed by atoms with van der Waals surface area (Å²) < 4.78 is 10.8. The number of hydrogen-bond donors (Lipinski definition) is 2. The molecular weight excluding hydrogens is 344 g/mol. The lowest BCUT2D eigenvalue weighted by Crippen LogP contribution is -2.28. The third kappa shape index (κ3) is 6.73. The lowest BCUT2D eigenvalue weighted by Gasteiger charge is -2.10. The van der Waals surface area contributed by atoms with Crippen LogP contribution in [0.1, 0.15) is 6.92 Å². The number of halogens is 1. The molecule has 0 unspecified atom stereocenters. The molecule has 7 heteroatoms. The first kappa shape index (κ1) is 18.6. The quantitative estimate of drug-likeness (QED) is 0.757. The van der Waals surface area contributed by atoms with E-state index in [9.17, 15) is 9.59 Å². The summed E-state index contributed by atoms with van der Waals surface area (Å²) in [4.78, 5) is 23.4. The van der Waals surface area contributed by atoms with Crippen molar-refractivity contribution in [3.8, 4) is 11.5 Å². The summed E-state index contributed by atoms with van der Waals surface area (Å²) in [6.45, 7) is 2.15. The Labute approximate surface area is 151 Å². The Morgan fingerprint density at radius 1 is 0.960 bits per heavy atom. The maximum Gasteiger partial charge on any atom is 0.262 e. The highest BCUT2D eigenvalue weighted by atomic mass is 35.5. The van der Waals surface area contributed by atoms with Gasteiger partial charge in [0.05, 0.1) is 0 Å². The van der Waals surface area contributed by atoms with Gasteiger partial charge in [0.1, 0.15) is 11.5 Å². The van der Waals surface area contributed by atoms with Gasteiger partial charge in [-0.1, -0.05) is 23.7 Å². The minimum absolute atomic E-state index is 0.0802. The van der Waals surface area contributed by atoms with Crippen LogP contribution in [0.25, 0.3) is 0 Å². The van der Waals surface area contributed by atoms with Crippen molar-refractivity contribution in [1.82, 2.24) is 5.32 Å². The van der Waals surface area contributed by atoms with Crippen molar-refractivity contribution in [2.45, 2.75) is 6.92 Å². The van der Waals surface area contributed by atoms with E-state index in [0.717, 1.165) is 0 Å². The SMILES string of the molecule is CCNC(=O)COc1cccc(NC(=O)COc2cccc(Cl)c2)c1. The zero-order chi connectivity index (χ0) is 18.1. The number of carbonyl (C=O) groups excluding carboxylic acids is 2. The Hall–Kier alpha value is -2.73. The number of ether oxygens (including phenoxy) is 2. The highest BCUT2D eigenvalue weighted by Gasteiger charge is 2.06. The summed E-state index contributed by atoms with van der Waals surface area (Å²) in [7, 11) is 0. The Morgan fingerprint density at radius 3 is 2.28 bits per heavy atom. The molecular formula is C18H19ClN2O4. The molecule has 0 spiro atoms. The van der Waals surface area contributed by atoms with Crippen molar-refractivity contribution >= 4 is 29.1 Å². The Morgan fingerprint density at radius 2 is 1.60 bits per heavy atom. The predicted molar refractivity (Wildman–Crippen MR) is 96.2 cm³/mol. The van der Waals surface area contributed by atoms with Crippen LogP contribution in [0.2, 0.25) is 5.02 Å². The van der Waals surface area contributed by atoms with Crippen molar-refractivity contribution < 1.29 is 19.1 Å². The molecule has 0 aliphatic carbocycles. The maximum atomic E-state index is 12.0. The molecule has 132 valence electrons. The Balaban J connectivity index is 1.84. The maximum absolute atomic E-state index is 12.0. The van der Waals surface area contributed by atoms with Gasteiger partial charge in [-0.05, 0) is 37.3 Å². The standard InChI is InChI=1S/C18H19ClN2O4/c1-2-20-17(22)11-24-16-8-4-6-14(10-16)21-18(23)12-25-15-7-3-5-13(19)9-15/h3-10H,2,11-12H2,1H3,(H,20,22)(H,21,23). The van der Waals surface area contributed by atoms with Crippen LogP contribution in [0.5, 0.6) is 11.5 Å². The molecule has 2 rings (SSSR count). The van der Waals surface area contributed by atoms with E-state index in [-0.39, 0.29) is 25.0 Å². The van der Waals surface area contributed by atoms with Gasteiger partial charge in [0.25, 0.3) is 11.8 Å². The zero-order valence-corrected chi connectivity index (χ0v) is 14.5. The molecule has 6 nitrogen and oxygen atoms in total. The number of rotatable bonds is 8. The first-order chi connectivity index (χ1) is 12.1. The van der Waals surface area contributed by atoms with E-state index in [1.807, 2.05) is 6.92 Å². The molecule has 25 heavy (non-hydrogen) atoms. The Bertz CT molecular complexity index is 737. The summed E-state index contributed by atoms with van der Waals surface area (Å²) >= 11 is 5.86. The van der Waals surface area contributed by atoms with E-state index < -0.39 is 0 Å². The third-order valence-electron chi connectivity index (χ3n) is 3.03. The molecule has 0 saturated carbocycles. The van der Waals surface area contributed by atoms with Gasteiger partial charge < -0.3 is 20.1 Å². The lowest BCUT2D eigenvalue weighted by molar-refractivity contribution is -0.123. The second kappa shape index (κ2) is 9.54. The minimum Gasteiger partial charge on any atom is -0.484 e. The molecule has 2 aromatic rings. The van der Waals surface area contributed by atoms with E-state index in [2.05, 4.69) is 10.6 Å². The summed E-state index contributed by atoms with van der Waals surface area (Å²) in [5.41, 5.74) is 0.549. The van der Waals surface area contributed by atoms with Crippen molar-refractivity contribution in [2.24, 2.45) is 0 Å². The highest BCUT2D eigenvalue weighted by molar-refractivity contribution is 6.30. The smallest absolute Gasteiger partial charge is 0.262 e. The molecule has 0 aliphatic rings. The van der Waals surface area contributed by atoms with Gasteiger partial charge in [-0.3, -0.25) is 9.59 Å². The fourth-order valence-corrected chi connectivity index (χ4v) is 2.14. The molecule has 0 atom stereocenters. The van der Waals surface area contributed by atoms with Crippen molar-refractivity contribution in [3.05, 3.63) is 53.6 Å². The number of nitrogens with one attached hydrogen (secondary N) is 2. The van der Waals surface area contributed by atoms with Crippen LogP contribution in [0.4, 0.5) is 5.69 Å². The van der Waals surface area contributed by atoms with E-state index in [1.54, 1.807) is 48.5 Å². The minimum atomic E-state index is -0.319. The van der Waals surface area contributed by atoms with Crippen molar-refractivity contribution in [3.63, 3.8) is 0 Å². The van der Waals surface area contributed by atoms with Crippen LogP contribution < -0.4 is 20.1 Å².